The van der Waals surface area contributed by atoms with Gasteiger partial charge >= 0.3 is 12.2 Å². The number of hydrogen-bond donors (Lipinski definition) is 1. The Balaban J connectivity index is 2.07. The molecule has 2 rings (SSSR count). The van der Waals surface area contributed by atoms with E-state index in [1.807, 2.05) is 13.8 Å². The first-order valence-corrected chi connectivity index (χ1v) is 9.43. The van der Waals surface area contributed by atoms with Gasteiger partial charge in [-0.25, -0.2) is 4.79 Å². The minimum atomic E-state index is -4.38. The van der Waals surface area contributed by atoms with Crippen molar-refractivity contribution in [2.75, 3.05) is 31.9 Å². The minimum absolute atomic E-state index is 0.0770. The summed E-state index contributed by atoms with van der Waals surface area (Å²) >= 11 is 1.38. The van der Waals surface area contributed by atoms with Crippen molar-refractivity contribution in [3.63, 3.8) is 0 Å². The van der Waals surface area contributed by atoms with E-state index < -0.39 is 11.7 Å². The number of benzene rings is 1. The summed E-state index contributed by atoms with van der Waals surface area (Å²) in [6.07, 6.45) is -4.38. The zero-order valence-electron chi connectivity index (χ0n) is 14.7. The van der Waals surface area contributed by atoms with Gasteiger partial charge in [-0.05, 0) is 31.5 Å². The van der Waals surface area contributed by atoms with Gasteiger partial charge < -0.3 is 15.1 Å². The van der Waals surface area contributed by atoms with Crippen LogP contribution in [0.15, 0.2) is 24.3 Å². The van der Waals surface area contributed by atoms with E-state index in [1.165, 1.54) is 23.9 Å². The molecule has 1 unspecified atom stereocenters. The normalized spacial score (nSPS) is 17.5. The van der Waals surface area contributed by atoms with Crippen molar-refractivity contribution in [1.29, 1.82) is 0 Å². The largest absolute Gasteiger partial charge is 0.416 e. The van der Waals surface area contributed by atoms with Crippen LogP contribution in [0, 0.1) is 0 Å². The number of nitrogens with zero attached hydrogens (tertiary/aromatic N) is 2. The molecule has 1 aromatic carbocycles. The zero-order valence-corrected chi connectivity index (χ0v) is 15.5. The molecule has 1 aliphatic rings. The maximum Gasteiger partial charge on any atom is 0.416 e. The molecule has 1 N–H and O–H groups in total. The summed E-state index contributed by atoms with van der Waals surface area (Å²) in [6, 6.07) is 4.69. The summed E-state index contributed by atoms with van der Waals surface area (Å²) in [5.41, 5.74) is -0.0644. The predicted molar refractivity (Wildman–Crippen MR) is 94.7 cm³/mol. The van der Waals surface area contributed by atoms with Crippen LogP contribution in [-0.2, 0) is 11.0 Å². The van der Waals surface area contributed by atoms with Gasteiger partial charge in [0.15, 0.2) is 0 Å². The highest BCUT2D eigenvalue weighted by Crippen LogP contribution is 2.39. The van der Waals surface area contributed by atoms with Gasteiger partial charge in [0, 0.05) is 26.2 Å². The number of amides is 3. The van der Waals surface area contributed by atoms with Gasteiger partial charge in [-0.15, -0.1) is 11.8 Å². The minimum Gasteiger partial charge on any atom is -0.338 e. The van der Waals surface area contributed by atoms with Crippen molar-refractivity contribution in [2.24, 2.45) is 0 Å². The van der Waals surface area contributed by atoms with E-state index in [-0.39, 0.29) is 23.1 Å². The standard InChI is InChI=1S/C17H22F3N3O2S/c1-3-21-16(25)22(4-2)9-10-23-14(24)11-26-15(23)12-5-7-13(8-6-12)17(18,19)20/h5-8,15H,3-4,9-11H2,1-2H3,(H,21,25). The zero-order chi connectivity index (χ0) is 19.3. The molecular formula is C17H22F3N3O2S. The molecule has 9 heteroatoms. The van der Waals surface area contributed by atoms with Crippen molar-refractivity contribution in [3.05, 3.63) is 35.4 Å². The lowest BCUT2D eigenvalue weighted by Gasteiger charge is -2.28. The fourth-order valence-electron chi connectivity index (χ4n) is 2.70. The quantitative estimate of drug-likeness (QED) is 0.812. The Kier molecular flexibility index (Phi) is 6.80. The summed E-state index contributed by atoms with van der Waals surface area (Å²) in [4.78, 5) is 27.4. The molecule has 0 radical (unpaired) electrons. The van der Waals surface area contributed by atoms with Gasteiger partial charge in [0.1, 0.15) is 5.37 Å². The van der Waals surface area contributed by atoms with Crippen LogP contribution in [0.25, 0.3) is 0 Å². The van der Waals surface area contributed by atoms with Crippen molar-refractivity contribution in [1.82, 2.24) is 15.1 Å². The molecule has 1 saturated heterocycles. The van der Waals surface area contributed by atoms with E-state index in [4.69, 9.17) is 0 Å². The van der Waals surface area contributed by atoms with Crippen molar-refractivity contribution >= 4 is 23.7 Å². The molecule has 1 heterocycles. The van der Waals surface area contributed by atoms with Gasteiger partial charge in [-0.3, -0.25) is 4.79 Å². The van der Waals surface area contributed by atoms with Gasteiger partial charge in [-0.2, -0.15) is 13.2 Å². The lowest BCUT2D eigenvalue weighted by molar-refractivity contribution is -0.137. The van der Waals surface area contributed by atoms with Crippen LogP contribution >= 0.6 is 11.8 Å². The Labute approximate surface area is 154 Å². The van der Waals surface area contributed by atoms with Gasteiger partial charge in [0.25, 0.3) is 0 Å². The van der Waals surface area contributed by atoms with Crippen LogP contribution in [0.3, 0.4) is 0 Å². The maximum atomic E-state index is 12.7. The third kappa shape index (κ3) is 4.84. The molecule has 1 atom stereocenters. The molecule has 144 valence electrons. The van der Waals surface area contributed by atoms with Crippen molar-refractivity contribution < 1.29 is 22.8 Å². The highest BCUT2D eigenvalue weighted by Gasteiger charge is 2.34. The summed E-state index contributed by atoms with van der Waals surface area (Å²) in [5, 5.41) is 2.38. The van der Waals surface area contributed by atoms with Crippen LogP contribution < -0.4 is 5.32 Å². The first-order valence-electron chi connectivity index (χ1n) is 8.39. The smallest absolute Gasteiger partial charge is 0.338 e. The van der Waals surface area contributed by atoms with Crippen LogP contribution in [-0.4, -0.2) is 53.7 Å². The lowest BCUT2D eigenvalue weighted by atomic mass is 10.1. The van der Waals surface area contributed by atoms with Crippen LogP contribution in [0.1, 0.15) is 30.3 Å². The highest BCUT2D eigenvalue weighted by molar-refractivity contribution is 8.00. The van der Waals surface area contributed by atoms with Crippen LogP contribution in [0.4, 0.5) is 18.0 Å². The fraction of sp³-hybridized carbons (Fsp3) is 0.529. The lowest BCUT2D eigenvalue weighted by Crippen LogP contribution is -2.44. The first-order chi connectivity index (χ1) is 12.3. The third-order valence-corrected chi connectivity index (χ3v) is 5.36. The van der Waals surface area contributed by atoms with Crippen LogP contribution in [0.2, 0.25) is 0 Å². The van der Waals surface area contributed by atoms with Crippen molar-refractivity contribution in [3.8, 4) is 0 Å². The number of likely N-dealkylation sites (N-methyl/N-ethyl adjacent to an activating group) is 1. The van der Waals surface area contributed by atoms with Gasteiger partial charge in [0.05, 0.1) is 11.3 Å². The van der Waals surface area contributed by atoms with Crippen molar-refractivity contribution in [2.45, 2.75) is 25.4 Å². The second kappa shape index (κ2) is 8.66. The summed E-state index contributed by atoms with van der Waals surface area (Å²) < 4.78 is 38.1. The number of hydrogen-bond acceptors (Lipinski definition) is 3. The number of carbonyl (C=O) groups is 2. The summed E-state index contributed by atoms with van der Waals surface area (Å²) in [7, 11) is 0. The Morgan fingerprint density at radius 2 is 1.96 bits per heavy atom. The van der Waals surface area contributed by atoms with E-state index in [9.17, 15) is 22.8 Å². The molecule has 1 aliphatic heterocycles. The van der Waals surface area contributed by atoms with E-state index in [1.54, 1.807) is 9.80 Å². The molecule has 26 heavy (non-hydrogen) atoms. The average molecular weight is 389 g/mol. The highest BCUT2D eigenvalue weighted by atomic mass is 32.2. The van der Waals surface area contributed by atoms with Gasteiger partial charge in [-0.1, -0.05) is 12.1 Å². The number of alkyl halides is 3. The number of nitrogens with one attached hydrogen (secondary N) is 1. The number of carbonyl (C=O) groups excluding carboxylic acids is 2. The Morgan fingerprint density at radius 3 is 2.50 bits per heavy atom. The van der Waals surface area contributed by atoms with Gasteiger partial charge in [0.2, 0.25) is 5.91 Å². The molecule has 0 saturated carbocycles. The monoisotopic (exact) mass is 389 g/mol. The topological polar surface area (TPSA) is 52.7 Å². The molecule has 0 spiro atoms. The molecule has 0 aliphatic carbocycles. The molecule has 3 amide bonds. The SMILES string of the molecule is CCNC(=O)N(CC)CCN1C(=O)CSC1c1ccc(C(F)(F)F)cc1. The molecule has 5 nitrogen and oxygen atoms in total. The maximum absolute atomic E-state index is 12.7. The summed E-state index contributed by atoms with van der Waals surface area (Å²) in [5.74, 6) is 0.200. The Bertz CT molecular complexity index is 637. The molecule has 1 fully saturated rings. The Morgan fingerprint density at radius 1 is 1.31 bits per heavy atom. The molecular weight excluding hydrogens is 367 g/mol. The second-order valence-corrected chi connectivity index (χ2v) is 6.85. The summed E-state index contributed by atoms with van der Waals surface area (Å²) in [6.45, 7) is 5.40. The Hall–Kier alpha value is -1.90. The average Bonchev–Trinajstić information content (AvgIpc) is 2.96. The number of rotatable bonds is 6. The van der Waals surface area contributed by atoms with E-state index in [2.05, 4.69) is 5.32 Å². The molecule has 0 bridgehead atoms. The molecule has 0 aromatic heterocycles. The number of halogens is 3. The van der Waals surface area contributed by atoms with E-state index >= 15 is 0 Å². The fourth-order valence-corrected chi connectivity index (χ4v) is 3.92. The number of thioether (sulfide) groups is 1. The second-order valence-electron chi connectivity index (χ2n) is 5.79. The molecule has 1 aromatic rings. The number of urea groups is 1. The van der Waals surface area contributed by atoms with E-state index in [0.29, 0.717) is 31.7 Å². The van der Waals surface area contributed by atoms with E-state index in [0.717, 1.165) is 12.1 Å². The first kappa shape index (κ1) is 20.4. The van der Waals surface area contributed by atoms with Crippen LogP contribution in [0.5, 0.6) is 0 Å². The third-order valence-electron chi connectivity index (χ3n) is 4.10. The predicted octanol–water partition coefficient (Wildman–Crippen LogP) is 3.33.